The van der Waals surface area contributed by atoms with Crippen molar-refractivity contribution in [3.8, 4) is 0 Å². The van der Waals surface area contributed by atoms with Crippen LogP contribution < -0.4 is 10.2 Å². The topological polar surface area (TPSA) is 28.2 Å². The first-order valence-corrected chi connectivity index (χ1v) is 6.41. The van der Waals surface area contributed by atoms with Gasteiger partial charge in [0.05, 0.1) is 11.9 Å². The SMILES string of the molecule is CCCc1cc(N2CCCNCC2)cnc1F. The molecule has 94 valence electrons. The minimum atomic E-state index is -0.316. The second-order valence-electron chi connectivity index (χ2n) is 4.48. The molecular formula is C13H20FN3. The number of anilines is 1. The molecule has 0 aromatic carbocycles. The second kappa shape index (κ2) is 5.96. The van der Waals surface area contributed by atoms with Crippen molar-refractivity contribution in [3.63, 3.8) is 0 Å². The third-order valence-electron chi connectivity index (χ3n) is 3.12. The summed E-state index contributed by atoms with van der Waals surface area (Å²) in [5.41, 5.74) is 1.79. The van der Waals surface area contributed by atoms with Crippen LogP contribution in [-0.4, -0.2) is 31.2 Å². The van der Waals surface area contributed by atoms with E-state index >= 15 is 0 Å². The van der Waals surface area contributed by atoms with Crippen LogP contribution in [0.25, 0.3) is 0 Å². The Morgan fingerprint density at radius 3 is 3.12 bits per heavy atom. The van der Waals surface area contributed by atoms with Crippen LogP contribution in [0, 0.1) is 5.95 Å². The molecule has 1 aliphatic rings. The van der Waals surface area contributed by atoms with Crippen LogP contribution in [0.3, 0.4) is 0 Å². The highest BCUT2D eigenvalue weighted by Crippen LogP contribution is 2.18. The summed E-state index contributed by atoms with van der Waals surface area (Å²) >= 11 is 0. The Balaban J connectivity index is 2.16. The molecule has 1 aromatic heterocycles. The summed E-state index contributed by atoms with van der Waals surface area (Å²) < 4.78 is 13.5. The number of nitrogens with one attached hydrogen (secondary N) is 1. The van der Waals surface area contributed by atoms with E-state index in [1.54, 1.807) is 6.20 Å². The number of rotatable bonds is 3. The molecule has 3 nitrogen and oxygen atoms in total. The molecule has 0 aliphatic carbocycles. The zero-order chi connectivity index (χ0) is 12.1. The number of hydrogen-bond acceptors (Lipinski definition) is 3. The highest BCUT2D eigenvalue weighted by Gasteiger charge is 2.12. The minimum Gasteiger partial charge on any atom is -0.369 e. The summed E-state index contributed by atoms with van der Waals surface area (Å²) in [5, 5.41) is 3.36. The van der Waals surface area contributed by atoms with Gasteiger partial charge in [0.2, 0.25) is 5.95 Å². The summed E-state index contributed by atoms with van der Waals surface area (Å²) in [7, 11) is 0. The molecule has 0 radical (unpaired) electrons. The first kappa shape index (κ1) is 12.3. The van der Waals surface area contributed by atoms with Crippen molar-refractivity contribution in [2.24, 2.45) is 0 Å². The number of aryl methyl sites for hydroxylation is 1. The molecule has 1 aromatic rings. The second-order valence-corrected chi connectivity index (χ2v) is 4.48. The summed E-state index contributed by atoms with van der Waals surface area (Å²) in [6.07, 6.45) is 4.49. The lowest BCUT2D eigenvalue weighted by molar-refractivity contribution is 0.564. The fourth-order valence-electron chi connectivity index (χ4n) is 2.20. The fraction of sp³-hybridized carbons (Fsp3) is 0.615. The lowest BCUT2D eigenvalue weighted by Crippen LogP contribution is -2.28. The zero-order valence-electron chi connectivity index (χ0n) is 10.4. The van der Waals surface area contributed by atoms with Gasteiger partial charge in [0, 0.05) is 25.2 Å². The van der Waals surface area contributed by atoms with Gasteiger partial charge in [-0.3, -0.25) is 0 Å². The largest absolute Gasteiger partial charge is 0.369 e. The van der Waals surface area contributed by atoms with Gasteiger partial charge < -0.3 is 10.2 Å². The molecular weight excluding hydrogens is 217 g/mol. The number of hydrogen-bond donors (Lipinski definition) is 1. The first-order chi connectivity index (χ1) is 8.31. The van der Waals surface area contributed by atoms with Gasteiger partial charge in [-0.25, -0.2) is 4.98 Å². The van der Waals surface area contributed by atoms with Crippen molar-refractivity contribution in [2.75, 3.05) is 31.1 Å². The standard InChI is InChI=1S/C13H20FN3/c1-2-4-11-9-12(10-16-13(11)14)17-7-3-5-15-6-8-17/h9-10,15H,2-8H2,1H3. The van der Waals surface area contributed by atoms with Crippen molar-refractivity contribution in [2.45, 2.75) is 26.2 Å². The van der Waals surface area contributed by atoms with Crippen LogP contribution in [-0.2, 0) is 6.42 Å². The van der Waals surface area contributed by atoms with Crippen LogP contribution in [0.4, 0.5) is 10.1 Å². The Hall–Kier alpha value is -1.16. The average molecular weight is 237 g/mol. The molecule has 1 saturated heterocycles. The molecule has 4 heteroatoms. The molecule has 0 amide bonds. The normalized spacial score (nSPS) is 16.9. The van der Waals surface area contributed by atoms with E-state index in [2.05, 4.69) is 22.1 Å². The van der Waals surface area contributed by atoms with Gasteiger partial charge in [-0.1, -0.05) is 13.3 Å². The smallest absolute Gasteiger partial charge is 0.216 e. The van der Waals surface area contributed by atoms with E-state index in [0.29, 0.717) is 0 Å². The molecule has 0 spiro atoms. The lowest BCUT2D eigenvalue weighted by atomic mass is 10.1. The van der Waals surface area contributed by atoms with Crippen molar-refractivity contribution in [1.82, 2.24) is 10.3 Å². The molecule has 0 unspecified atom stereocenters. The van der Waals surface area contributed by atoms with E-state index in [1.165, 1.54) is 0 Å². The number of aromatic nitrogens is 1. The maximum atomic E-state index is 13.5. The van der Waals surface area contributed by atoms with E-state index in [-0.39, 0.29) is 5.95 Å². The van der Waals surface area contributed by atoms with E-state index in [1.807, 2.05) is 6.07 Å². The van der Waals surface area contributed by atoms with Crippen molar-refractivity contribution < 1.29 is 4.39 Å². The van der Waals surface area contributed by atoms with Gasteiger partial charge >= 0.3 is 0 Å². The number of halogens is 1. The molecule has 1 N–H and O–H groups in total. The third-order valence-corrected chi connectivity index (χ3v) is 3.12. The molecule has 0 bridgehead atoms. The Morgan fingerprint density at radius 1 is 1.41 bits per heavy atom. The van der Waals surface area contributed by atoms with Crippen LogP contribution >= 0.6 is 0 Å². The summed E-state index contributed by atoms with van der Waals surface area (Å²) in [6, 6.07) is 1.96. The van der Waals surface area contributed by atoms with Crippen molar-refractivity contribution in [3.05, 3.63) is 23.8 Å². The predicted molar refractivity (Wildman–Crippen MR) is 67.9 cm³/mol. The molecule has 2 rings (SSSR count). The Kier molecular flexibility index (Phi) is 4.31. The molecule has 0 atom stereocenters. The molecule has 17 heavy (non-hydrogen) atoms. The van der Waals surface area contributed by atoms with Gasteiger partial charge in [0.15, 0.2) is 0 Å². The maximum absolute atomic E-state index is 13.5. The number of nitrogens with zero attached hydrogens (tertiary/aromatic N) is 2. The summed E-state index contributed by atoms with van der Waals surface area (Å²) in [4.78, 5) is 6.16. The van der Waals surface area contributed by atoms with E-state index in [4.69, 9.17) is 0 Å². The van der Waals surface area contributed by atoms with Gasteiger partial charge in [0.1, 0.15) is 0 Å². The molecule has 0 saturated carbocycles. The fourth-order valence-corrected chi connectivity index (χ4v) is 2.20. The highest BCUT2D eigenvalue weighted by molar-refractivity contribution is 5.46. The zero-order valence-corrected chi connectivity index (χ0v) is 10.4. The van der Waals surface area contributed by atoms with Gasteiger partial charge in [-0.2, -0.15) is 4.39 Å². The van der Waals surface area contributed by atoms with Gasteiger partial charge in [-0.15, -0.1) is 0 Å². The summed E-state index contributed by atoms with van der Waals surface area (Å²) in [5.74, 6) is -0.316. The third kappa shape index (κ3) is 3.16. The number of pyridine rings is 1. The molecule has 1 fully saturated rings. The highest BCUT2D eigenvalue weighted by atomic mass is 19.1. The van der Waals surface area contributed by atoms with Gasteiger partial charge in [0.25, 0.3) is 0 Å². The van der Waals surface area contributed by atoms with E-state index in [0.717, 1.165) is 56.7 Å². The minimum absolute atomic E-state index is 0.316. The lowest BCUT2D eigenvalue weighted by Gasteiger charge is -2.22. The first-order valence-electron chi connectivity index (χ1n) is 6.41. The van der Waals surface area contributed by atoms with E-state index in [9.17, 15) is 4.39 Å². The van der Waals surface area contributed by atoms with Crippen LogP contribution in [0.15, 0.2) is 12.3 Å². The predicted octanol–water partition coefficient (Wildman–Crippen LogP) is 1.97. The Labute approximate surface area is 102 Å². The monoisotopic (exact) mass is 237 g/mol. The van der Waals surface area contributed by atoms with Crippen molar-refractivity contribution in [1.29, 1.82) is 0 Å². The molecule has 2 heterocycles. The Bertz CT molecular complexity index is 360. The van der Waals surface area contributed by atoms with Gasteiger partial charge in [-0.05, 0) is 25.5 Å². The van der Waals surface area contributed by atoms with Crippen LogP contribution in [0.2, 0.25) is 0 Å². The quantitative estimate of drug-likeness (QED) is 0.815. The van der Waals surface area contributed by atoms with Crippen LogP contribution in [0.5, 0.6) is 0 Å². The Morgan fingerprint density at radius 2 is 2.29 bits per heavy atom. The summed E-state index contributed by atoms with van der Waals surface area (Å²) in [6.45, 7) is 6.10. The average Bonchev–Trinajstić information content (AvgIpc) is 2.61. The maximum Gasteiger partial charge on any atom is 0.216 e. The van der Waals surface area contributed by atoms with Crippen molar-refractivity contribution >= 4 is 5.69 Å². The van der Waals surface area contributed by atoms with E-state index < -0.39 is 0 Å². The van der Waals surface area contributed by atoms with Crippen LogP contribution in [0.1, 0.15) is 25.3 Å². The molecule has 1 aliphatic heterocycles.